The zero-order valence-corrected chi connectivity index (χ0v) is 17.7. The van der Waals surface area contributed by atoms with Crippen LogP contribution < -0.4 is 10.6 Å². The number of aryl methyl sites for hydroxylation is 2. The lowest BCUT2D eigenvalue weighted by Crippen LogP contribution is -2.43. The van der Waals surface area contributed by atoms with Crippen molar-refractivity contribution in [2.75, 3.05) is 13.6 Å². The van der Waals surface area contributed by atoms with Crippen molar-refractivity contribution in [1.82, 2.24) is 15.6 Å². The molecule has 2 rings (SSSR count). The van der Waals surface area contributed by atoms with Crippen molar-refractivity contribution in [3.8, 4) is 0 Å². The van der Waals surface area contributed by atoms with Gasteiger partial charge in [-0.3, -0.25) is 4.99 Å². The lowest BCUT2D eigenvalue weighted by Gasteiger charge is -2.25. The number of hydrogen-bond donors (Lipinski definition) is 2. The Labute approximate surface area is 162 Å². The molecule has 1 aromatic carbocycles. The molecule has 1 heterocycles. The number of aliphatic imine (C=N–C) groups is 1. The quantitative estimate of drug-likeness (QED) is 0.411. The second-order valence-corrected chi connectivity index (χ2v) is 9.04. The van der Waals surface area contributed by atoms with Crippen LogP contribution in [0.1, 0.15) is 31.2 Å². The summed E-state index contributed by atoms with van der Waals surface area (Å²) < 4.78 is 6.69. The number of rotatable bonds is 6. The first kappa shape index (κ1) is 19.8. The van der Waals surface area contributed by atoms with E-state index < -0.39 is 0 Å². The molecular formula is C18H25BrN4OS. The maximum absolute atomic E-state index is 5.58. The number of guanidine groups is 1. The predicted octanol–water partition coefficient (Wildman–Crippen LogP) is 4.29. The van der Waals surface area contributed by atoms with Gasteiger partial charge in [0.1, 0.15) is 5.76 Å². The van der Waals surface area contributed by atoms with Crippen molar-refractivity contribution >= 4 is 33.7 Å². The van der Waals surface area contributed by atoms with Crippen LogP contribution in [0.25, 0.3) is 0 Å². The molecule has 2 N–H and O–H groups in total. The van der Waals surface area contributed by atoms with Gasteiger partial charge in [0.15, 0.2) is 5.96 Å². The molecular weight excluding hydrogens is 400 g/mol. The zero-order valence-electron chi connectivity index (χ0n) is 15.3. The van der Waals surface area contributed by atoms with E-state index in [1.807, 2.05) is 25.6 Å². The number of halogens is 1. The normalized spacial score (nSPS) is 12.3. The molecule has 0 spiro atoms. The van der Waals surface area contributed by atoms with Gasteiger partial charge in [0.2, 0.25) is 5.89 Å². The number of nitrogens with one attached hydrogen (secondary N) is 2. The number of hydrogen-bond acceptors (Lipinski definition) is 4. The fraction of sp³-hybridized carbons (Fsp3) is 0.444. The summed E-state index contributed by atoms with van der Waals surface area (Å²) in [4.78, 5) is 9.87. The van der Waals surface area contributed by atoms with E-state index in [0.717, 1.165) is 28.4 Å². The van der Waals surface area contributed by atoms with Crippen molar-refractivity contribution in [2.24, 2.45) is 4.99 Å². The van der Waals surface area contributed by atoms with Crippen LogP contribution in [0.3, 0.4) is 0 Å². The van der Waals surface area contributed by atoms with Crippen molar-refractivity contribution in [2.45, 2.75) is 43.9 Å². The van der Waals surface area contributed by atoms with Crippen LogP contribution in [0, 0.1) is 13.8 Å². The molecule has 0 aliphatic rings. The third-order valence-corrected chi connectivity index (χ3v) is 5.33. The van der Waals surface area contributed by atoms with Crippen molar-refractivity contribution in [1.29, 1.82) is 0 Å². The van der Waals surface area contributed by atoms with Crippen LogP contribution in [-0.4, -0.2) is 29.3 Å². The molecule has 0 bridgehead atoms. The highest BCUT2D eigenvalue weighted by Crippen LogP contribution is 2.32. The number of thioether (sulfide) groups is 1. The Bertz CT molecular complexity index is 706. The molecule has 5 nitrogen and oxygen atoms in total. The Morgan fingerprint density at radius 1 is 1.24 bits per heavy atom. The lowest BCUT2D eigenvalue weighted by atomic mass is 10.2. The van der Waals surface area contributed by atoms with Gasteiger partial charge in [-0.15, -0.1) is 11.8 Å². The van der Waals surface area contributed by atoms with Gasteiger partial charge in [0, 0.05) is 27.7 Å². The highest BCUT2D eigenvalue weighted by molar-refractivity contribution is 9.10. The van der Waals surface area contributed by atoms with Gasteiger partial charge in [0.25, 0.3) is 0 Å². The van der Waals surface area contributed by atoms with E-state index in [1.165, 1.54) is 4.90 Å². The third-order valence-electron chi connectivity index (χ3n) is 3.59. The first-order valence-electron chi connectivity index (χ1n) is 8.11. The molecule has 0 saturated heterocycles. The molecule has 0 aliphatic heterocycles. The Morgan fingerprint density at radius 3 is 2.48 bits per heavy atom. The van der Waals surface area contributed by atoms with E-state index in [0.29, 0.717) is 12.4 Å². The van der Waals surface area contributed by atoms with Gasteiger partial charge in [-0.1, -0.05) is 15.9 Å². The molecule has 7 heteroatoms. The fourth-order valence-corrected chi connectivity index (χ4v) is 3.47. The lowest BCUT2D eigenvalue weighted by molar-refractivity contribution is 0.463. The van der Waals surface area contributed by atoms with Crippen LogP contribution in [0.4, 0.5) is 0 Å². The topological polar surface area (TPSA) is 62.5 Å². The molecule has 2 aromatic rings. The molecule has 0 atom stereocenters. The molecule has 0 unspecified atom stereocenters. The van der Waals surface area contributed by atoms with Gasteiger partial charge in [0.05, 0.1) is 12.2 Å². The van der Waals surface area contributed by atoms with Crippen LogP contribution in [-0.2, 0) is 6.54 Å². The van der Waals surface area contributed by atoms with E-state index in [2.05, 4.69) is 74.7 Å². The first-order chi connectivity index (χ1) is 11.8. The largest absolute Gasteiger partial charge is 0.444 e. The Hall–Kier alpha value is -1.47. The zero-order chi connectivity index (χ0) is 18.4. The van der Waals surface area contributed by atoms with Crippen LogP contribution in [0.15, 0.2) is 43.0 Å². The SMILES string of the molecule is CN=C(NCc1nc(C)c(C)o1)NCC(C)(C)Sc1ccc(Br)cc1. The minimum atomic E-state index is 0.0154. The number of aromatic nitrogens is 1. The Balaban J connectivity index is 1.85. The summed E-state index contributed by atoms with van der Waals surface area (Å²) in [6.07, 6.45) is 0. The van der Waals surface area contributed by atoms with Crippen molar-refractivity contribution < 1.29 is 4.42 Å². The van der Waals surface area contributed by atoms with Crippen molar-refractivity contribution in [3.05, 3.63) is 46.1 Å². The van der Waals surface area contributed by atoms with Crippen LogP contribution in [0.2, 0.25) is 0 Å². The third kappa shape index (κ3) is 6.40. The molecule has 136 valence electrons. The van der Waals surface area contributed by atoms with E-state index in [-0.39, 0.29) is 4.75 Å². The van der Waals surface area contributed by atoms with E-state index in [9.17, 15) is 0 Å². The van der Waals surface area contributed by atoms with Crippen LogP contribution in [0.5, 0.6) is 0 Å². The average Bonchev–Trinajstić information content (AvgIpc) is 2.88. The Morgan fingerprint density at radius 2 is 1.92 bits per heavy atom. The summed E-state index contributed by atoms with van der Waals surface area (Å²) >= 11 is 5.30. The predicted molar refractivity (Wildman–Crippen MR) is 108 cm³/mol. The fourth-order valence-electron chi connectivity index (χ4n) is 2.15. The molecule has 0 saturated carbocycles. The summed E-state index contributed by atoms with van der Waals surface area (Å²) in [6.45, 7) is 9.56. The second-order valence-electron chi connectivity index (χ2n) is 6.34. The van der Waals surface area contributed by atoms with Crippen molar-refractivity contribution in [3.63, 3.8) is 0 Å². The summed E-state index contributed by atoms with van der Waals surface area (Å²) in [7, 11) is 1.76. The minimum Gasteiger partial charge on any atom is -0.444 e. The molecule has 0 amide bonds. The monoisotopic (exact) mass is 424 g/mol. The smallest absolute Gasteiger partial charge is 0.214 e. The summed E-state index contributed by atoms with van der Waals surface area (Å²) in [6, 6.07) is 8.37. The van der Waals surface area contributed by atoms with Gasteiger partial charge in [-0.05, 0) is 52.0 Å². The van der Waals surface area contributed by atoms with E-state index in [1.54, 1.807) is 7.05 Å². The first-order valence-corrected chi connectivity index (χ1v) is 9.72. The van der Waals surface area contributed by atoms with Crippen LogP contribution >= 0.6 is 27.7 Å². The maximum Gasteiger partial charge on any atom is 0.214 e. The second kappa shape index (κ2) is 8.76. The number of benzene rings is 1. The molecule has 0 fully saturated rings. The molecule has 0 radical (unpaired) electrons. The highest BCUT2D eigenvalue weighted by Gasteiger charge is 2.20. The standard InChI is InChI=1S/C18H25BrN4OS/c1-12-13(2)24-16(23-12)10-21-17(20-5)22-11-18(3,4)25-15-8-6-14(19)7-9-15/h6-9H,10-11H2,1-5H3,(H2,20,21,22). The molecule has 0 aliphatic carbocycles. The minimum absolute atomic E-state index is 0.0154. The Kier molecular flexibility index (Phi) is 6.95. The summed E-state index contributed by atoms with van der Waals surface area (Å²) in [5, 5.41) is 6.61. The van der Waals surface area contributed by atoms with E-state index in [4.69, 9.17) is 4.42 Å². The van der Waals surface area contributed by atoms with Gasteiger partial charge < -0.3 is 15.1 Å². The molecule has 1 aromatic heterocycles. The number of nitrogens with zero attached hydrogens (tertiary/aromatic N) is 2. The van der Waals surface area contributed by atoms with Gasteiger partial charge in [-0.25, -0.2) is 4.98 Å². The highest BCUT2D eigenvalue weighted by atomic mass is 79.9. The van der Waals surface area contributed by atoms with E-state index >= 15 is 0 Å². The average molecular weight is 425 g/mol. The summed E-state index contributed by atoms with van der Waals surface area (Å²) in [5.74, 6) is 2.26. The number of oxazole rings is 1. The maximum atomic E-state index is 5.58. The summed E-state index contributed by atoms with van der Waals surface area (Å²) in [5.41, 5.74) is 0.923. The van der Waals surface area contributed by atoms with Gasteiger partial charge >= 0.3 is 0 Å². The molecule has 25 heavy (non-hydrogen) atoms. The van der Waals surface area contributed by atoms with Gasteiger partial charge in [-0.2, -0.15) is 0 Å².